The first kappa shape index (κ1) is 18.0. The zero-order chi connectivity index (χ0) is 22.7. The van der Waals surface area contributed by atoms with Crippen LogP contribution in [0.1, 0.15) is 0 Å². The minimum Gasteiger partial charge on any atom is -0.454 e. The van der Waals surface area contributed by atoms with Crippen LogP contribution < -0.4 is 0 Å². The maximum absolute atomic E-state index is 6.58. The molecule has 0 unspecified atom stereocenters. The minimum absolute atomic E-state index is 0.930. The summed E-state index contributed by atoms with van der Waals surface area (Å²) >= 11 is 1.87. The monoisotopic (exact) mass is 463 g/mol. The predicted molar refractivity (Wildman–Crippen MR) is 150 cm³/mol. The molecule has 0 aliphatic heterocycles. The number of furan rings is 1. The number of hydrogen-bond donors (Lipinski definition) is 0. The molecule has 4 heterocycles. The van der Waals surface area contributed by atoms with Gasteiger partial charge in [-0.15, -0.1) is 11.3 Å². The molecule has 0 saturated heterocycles. The summed E-state index contributed by atoms with van der Waals surface area (Å²) in [5.41, 5.74) is 4.26. The SMILES string of the molecule is c1ccc2c(c1)cn1c2c2ccc3sc4ccccc4c3c2c2ccc3c4ccccc4oc3c21. The summed E-state index contributed by atoms with van der Waals surface area (Å²) in [4.78, 5) is 0. The van der Waals surface area contributed by atoms with Crippen LogP contribution in [0.2, 0.25) is 0 Å². The molecule has 0 aliphatic rings. The van der Waals surface area contributed by atoms with Crippen molar-refractivity contribution >= 4 is 91.4 Å². The standard InChI is InChI=1S/C32H17NOS/c1-2-8-19-18(7-1)17-33-30(19)23-15-16-27-29(22-10-4-6-12-26(22)35-27)28(23)24-14-13-21-20-9-3-5-11-25(20)34-32(21)31(24)33/h1-17H. The van der Waals surface area contributed by atoms with Crippen molar-refractivity contribution in [2.24, 2.45) is 0 Å². The fourth-order valence-electron chi connectivity index (χ4n) is 6.12. The summed E-state index contributed by atoms with van der Waals surface area (Å²) in [6.45, 7) is 0. The highest BCUT2D eigenvalue weighted by atomic mass is 32.1. The van der Waals surface area contributed by atoms with E-state index in [1.165, 1.54) is 52.6 Å². The van der Waals surface area contributed by atoms with Crippen LogP contribution in [0.3, 0.4) is 0 Å². The van der Waals surface area contributed by atoms with E-state index >= 15 is 0 Å². The Morgan fingerprint density at radius 3 is 2.17 bits per heavy atom. The molecule has 0 spiro atoms. The van der Waals surface area contributed by atoms with Gasteiger partial charge < -0.3 is 8.82 Å². The van der Waals surface area contributed by atoms with E-state index in [4.69, 9.17) is 4.42 Å². The minimum atomic E-state index is 0.930. The van der Waals surface area contributed by atoms with Crippen LogP contribution in [0.4, 0.5) is 0 Å². The van der Waals surface area contributed by atoms with E-state index in [1.54, 1.807) is 0 Å². The number of nitrogens with zero attached hydrogens (tertiary/aromatic N) is 1. The second kappa shape index (κ2) is 6.21. The zero-order valence-corrected chi connectivity index (χ0v) is 19.4. The quantitative estimate of drug-likeness (QED) is 0.205. The molecule has 9 aromatic rings. The van der Waals surface area contributed by atoms with Gasteiger partial charge >= 0.3 is 0 Å². The summed E-state index contributed by atoms with van der Waals surface area (Å²) < 4.78 is 11.6. The van der Waals surface area contributed by atoms with Crippen LogP contribution in [0.15, 0.2) is 108 Å². The van der Waals surface area contributed by atoms with E-state index in [0.717, 1.165) is 27.5 Å². The molecule has 162 valence electrons. The molecule has 4 aromatic heterocycles. The van der Waals surface area contributed by atoms with Gasteiger partial charge in [-0.3, -0.25) is 0 Å². The molecule has 0 N–H and O–H groups in total. The Morgan fingerprint density at radius 2 is 1.23 bits per heavy atom. The van der Waals surface area contributed by atoms with Crippen molar-refractivity contribution in [2.75, 3.05) is 0 Å². The molecule has 0 bridgehead atoms. The number of rotatable bonds is 0. The van der Waals surface area contributed by atoms with Gasteiger partial charge in [-0.2, -0.15) is 0 Å². The first-order valence-corrected chi connectivity index (χ1v) is 12.7. The second-order valence-electron chi connectivity index (χ2n) is 9.33. The van der Waals surface area contributed by atoms with Crippen molar-refractivity contribution in [1.82, 2.24) is 4.40 Å². The van der Waals surface area contributed by atoms with Crippen molar-refractivity contribution in [3.8, 4) is 0 Å². The molecule has 0 atom stereocenters. The van der Waals surface area contributed by atoms with Gasteiger partial charge in [0.2, 0.25) is 0 Å². The number of thiophene rings is 1. The fourth-order valence-corrected chi connectivity index (χ4v) is 7.23. The topological polar surface area (TPSA) is 17.6 Å². The van der Waals surface area contributed by atoms with E-state index in [9.17, 15) is 0 Å². The summed E-state index contributed by atoms with van der Waals surface area (Å²) in [7, 11) is 0. The van der Waals surface area contributed by atoms with Crippen LogP contribution in [0.25, 0.3) is 80.1 Å². The van der Waals surface area contributed by atoms with Crippen LogP contribution in [0, 0.1) is 0 Å². The van der Waals surface area contributed by atoms with Crippen molar-refractivity contribution in [3.63, 3.8) is 0 Å². The van der Waals surface area contributed by atoms with Gasteiger partial charge in [-0.1, -0.05) is 72.8 Å². The first-order valence-electron chi connectivity index (χ1n) is 11.9. The van der Waals surface area contributed by atoms with Crippen molar-refractivity contribution in [2.45, 2.75) is 0 Å². The Kier molecular flexibility index (Phi) is 3.20. The Balaban J connectivity index is 1.69. The molecule has 0 saturated carbocycles. The maximum atomic E-state index is 6.58. The van der Waals surface area contributed by atoms with E-state index in [-0.39, 0.29) is 0 Å². The number of fused-ring (bicyclic) bond motifs is 16. The average Bonchev–Trinajstić information content (AvgIpc) is 3.59. The Labute approximate surface area is 203 Å². The number of benzene rings is 5. The summed E-state index contributed by atoms with van der Waals surface area (Å²) in [6.07, 6.45) is 2.27. The lowest BCUT2D eigenvalue weighted by Gasteiger charge is -2.12. The van der Waals surface area contributed by atoms with E-state index in [1.807, 2.05) is 17.4 Å². The highest BCUT2D eigenvalue weighted by molar-refractivity contribution is 7.26. The van der Waals surface area contributed by atoms with Crippen molar-refractivity contribution < 1.29 is 4.42 Å². The largest absolute Gasteiger partial charge is 0.454 e. The normalized spacial score (nSPS) is 12.6. The second-order valence-corrected chi connectivity index (χ2v) is 10.4. The van der Waals surface area contributed by atoms with E-state index in [2.05, 4.69) is 102 Å². The van der Waals surface area contributed by atoms with E-state index < -0.39 is 0 Å². The lowest BCUT2D eigenvalue weighted by molar-refractivity contribution is 0.671. The molecule has 2 nitrogen and oxygen atoms in total. The summed E-state index contributed by atoms with van der Waals surface area (Å²) in [6, 6.07) is 35.0. The molecule has 0 radical (unpaired) electrons. The third-order valence-corrected chi connectivity index (χ3v) is 8.69. The van der Waals surface area contributed by atoms with Gasteiger partial charge in [0.1, 0.15) is 5.58 Å². The van der Waals surface area contributed by atoms with Gasteiger partial charge in [0.05, 0.1) is 11.0 Å². The summed E-state index contributed by atoms with van der Waals surface area (Å²) in [5.74, 6) is 0. The number of hydrogen-bond acceptors (Lipinski definition) is 2. The van der Waals surface area contributed by atoms with Gasteiger partial charge in [0, 0.05) is 64.1 Å². The number of pyridine rings is 1. The Hall–Kier alpha value is -4.34. The average molecular weight is 464 g/mol. The molecule has 9 rings (SSSR count). The number of aromatic nitrogens is 1. The van der Waals surface area contributed by atoms with E-state index in [0.29, 0.717) is 0 Å². The first-order chi connectivity index (χ1) is 17.4. The smallest absolute Gasteiger partial charge is 0.160 e. The van der Waals surface area contributed by atoms with Crippen molar-refractivity contribution in [1.29, 1.82) is 0 Å². The van der Waals surface area contributed by atoms with Crippen LogP contribution in [0.5, 0.6) is 0 Å². The third kappa shape index (κ3) is 2.15. The molecule has 5 aromatic carbocycles. The van der Waals surface area contributed by atoms with Gasteiger partial charge in [0.15, 0.2) is 5.58 Å². The maximum Gasteiger partial charge on any atom is 0.160 e. The zero-order valence-electron chi connectivity index (χ0n) is 18.6. The van der Waals surface area contributed by atoms with Crippen LogP contribution >= 0.6 is 11.3 Å². The van der Waals surface area contributed by atoms with Gasteiger partial charge in [-0.25, -0.2) is 0 Å². The number of para-hydroxylation sites is 1. The molecule has 35 heavy (non-hydrogen) atoms. The van der Waals surface area contributed by atoms with Crippen molar-refractivity contribution in [3.05, 3.63) is 103 Å². The Morgan fingerprint density at radius 1 is 0.514 bits per heavy atom. The third-order valence-electron chi connectivity index (χ3n) is 7.55. The fraction of sp³-hybridized carbons (Fsp3) is 0. The predicted octanol–water partition coefficient (Wildman–Crippen LogP) is 9.67. The molecule has 0 aliphatic carbocycles. The molecular weight excluding hydrogens is 446 g/mol. The van der Waals surface area contributed by atoms with Crippen LogP contribution in [-0.4, -0.2) is 4.40 Å². The molecule has 0 fully saturated rings. The highest BCUT2D eigenvalue weighted by Gasteiger charge is 2.20. The van der Waals surface area contributed by atoms with Gasteiger partial charge in [0.25, 0.3) is 0 Å². The Bertz CT molecular complexity index is 2330. The molecular formula is C32H17NOS. The molecule has 0 amide bonds. The highest BCUT2D eigenvalue weighted by Crippen LogP contribution is 2.46. The lowest BCUT2D eigenvalue weighted by atomic mass is 9.97. The van der Waals surface area contributed by atoms with Gasteiger partial charge in [-0.05, 0) is 24.3 Å². The summed E-state index contributed by atoms with van der Waals surface area (Å²) in [5, 5.41) is 11.3. The van der Waals surface area contributed by atoms with Crippen LogP contribution in [-0.2, 0) is 0 Å². The lowest BCUT2D eigenvalue weighted by Crippen LogP contribution is -1.91. The molecule has 3 heteroatoms.